The highest BCUT2D eigenvalue weighted by Crippen LogP contribution is 1.99. The molecule has 0 rings (SSSR count). The molecule has 0 bridgehead atoms. The van der Waals surface area contributed by atoms with Crippen molar-refractivity contribution >= 4 is 17.7 Å². The van der Waals surface area contributed by atoms with Crippen molar-refractivity contribution in [2.24, 2.45) is 5.73 Å². The van der Waals surface area contributed by atoms with Gasteiger partial charge in [-0.15, -0.1) is 0 Å². The van der Waals surface area contributed by atoms with Gasteiger partial charge in [0.05, 0.1) is 12.1 Å². The van der Waals surface area contributed by atoms with Crippen LogP contribution < -0.4 is 37.6 Å². The van der Waals surface area contributed by atoms with Gasteiger partial charge in [-0.1, -0.05) is 0 Å². The molecule has 0 aliphatic carbocycles. The Morgan fingerprint density at radius 1 is 0.778 bits per heavy atom. The summed E-state index contributed by atoms with van der Waals surface area (Å²) in [6.45, 7) is 1.56. The van der Waals surface area contributed by atoms with Crippen LogP contribution in [-0.4, -0.2) is 83.7 Å². The van der Waals surface area contributed by atoms with E-state index in [4.69, 9.17) is 5.73 Å². The first-order valence-corrected chi connectivity index (χ1v) is 9.42. The van der Waals surface area contributed by atoms with Crippen LogP contribution in [0.4, 0.5) is 0 Å². The van der Waals surface area contributed by atoms with Gasteiger partial charge in [0.25, 0.3) is 0 Å². The number of hydrogen-bond acceptors (Lipinski definition) is 7. The molecule has 0 aromatic carbocycles. The average molecular weight is 388 g/mol. The normalized spacial score (nSPS) is 14.2. The summed E-state index contributed by atoms with van der Waals surface area (Å²) in [6, 6.07) is -1.76. The molecule has 10 heteroatoms. The molecule has 0 saturated heterocycles. The number of amides is 3. The molecular formula is C17H37N7O3. The number of nitrogens with two attached hydrogens (primary N) is 1. The topological polar surface area (TPSA) is 149 Å². The van der Waals surface area contributed by atoms with Gasteiger partial charge in [0.15, 0.2) is 0 Å². The predicted molar refractivity (Wildman–Crippen MR) is 106 cm³/mol. The molecular weight excluding hydrogens is 350 g/mol. The standard InChI is InChI=1S/C17H37N7O3/c1-19-9-5-7-12(21-3)16(26)23-11-14(15(18)25)24-17(27)13(22-4)8-6-10-20-2/h12-14,19-22H,5-11H2,1-4H3,(H2,18,25)(H,23,26)(H,24,27)/t12-,13-,14?/m0/s1. The summed E-state index contributed by atoms with van der Waals surface area (Å²) in [6.07, 6.45) is 2.92. The molecule has 0 aromatic heterocycles. The van der Waals surface area contributed by atoms with E-state index in [1.165, 1.54) is 0 Å². The van der Waals surface area contributed by atoms with Gasteiger partial charge in [-0.25, -0.2) is 0 Å². The summed E-state index contributed by atoms with van der Waals surface area (Å²) in [4.78, 5) is 36.3. The van der Waals surface area contributed by atoms with Crippen molar-refractivity contribution in [1.29, 1.82) is 0 Å². The molecule has 1 unspecified atom stereocenters. The van der Waals surface area contributed by atoms with Crippen LogP contribution in [0.1, 0.15) is 25.7 Å². The molecule has 0 heterocycles. The Labute approximate surface area is 162 Å². The SMILES string of the molecule is CNCCC[C@H](NC)C(=O)NCC(NC(=O)[C@H](CCCNC)NC)C(N)=O. The lowest BCUT2D eigenvalue weighted by atomic mass is 10.1. The minimum absolute atomic E-state index is 0.0446. The van der Waals surface area contributed by atoms with Crippen LogP contribution in [-0.2, 0) is 14.4 Å². The number of hydrogen-bond donors (Lipinski definition) is 7. The van der Waals surface area contributed by atoms with E-state index in [0.717, 1.165) is 25.9 Å². The minimum Gasteiger partial charge on any atom is -0.368 e. The molecule has 8 N–H and O–H groups in total. The average Bonchev–Trinajstić information content (AvgIpc) is 2.65. The summed E-state index contributed by atoms with van der Waals surface area (Å²) in [5.41, 5.74) is 5.38. The van der Waals surface area contributed by atoms with E-state index in [-0.39, 0.29) is 24.4 Å². The number of likely N-dealkylation sites (N-methyl/N-ethyl adjacent to an activating group) is 2. The van der Waals surface area contributed by atoms with Gasteiger partial charge in [0, 0.05) is 6.54 Å². The second-order valence-electron chi connectivity index (χ2n) is 6.38. The van der Waals surface area contributed by atoms with Gasteiger partial charge < -0.3 is 37.6 Å². The Kier molecular flexibility index (Phi) is 14.3. The number of primary amides is 1. The Morgan fingerprint density at radius 2 is 1.26 bits per heavy atom. The molecule has 0 aliphatic rings. The van der Waals surface area contributed by atoms with Crippen molar-refractivity contribution < 1.29 is 14.4 Å². The van der Waals surface area contributed by atoms with Gasteiger partial charge >= 0.3 is 0 Å². The smallest absolute Gasteiger partial charge is 0.241 e. The maximum atomic E-state index is 12.4. The maximum Gasteiger partial charge on any atom is 0.241 e. The van der Waals surface area contributed by atoms with Crippen LogP contribution in [0.5, 0.6) is 0 Å². The van der Waals surface area contributed by atoms with E-state index in [1.807, 2.05) is 14.1 Å². The zero-order chi connectivity index (χ0) is 20.7. The first-order chi connectivity index (χ1) is 12.9. The van der Waals surface area contributed by atoms with Crippen LogP contribution >= 0.6 is 0 Å². The highest BCUT2D eigenvalue weighted by atomic mass is 16.2. The van der Waals surface area contributed by atoms with Crippen molar-refractivity contribution in [2.45, 2.75) is 43.8 Å². The van der Waals surface area contributed by atoms with Crippen LogP contribution in [0, 0.1) is 0 Å². The quantitative estimate of drug-likeness (QED) is 0.142. The van der Waals surface area contributed by atoms with E-state index < -0.39 is 18.0 Å². The monoisotopic (exact) mass is 387 g/mol. The number of carbonyl (C=O) groups is 3. The molecule has 27 heavy (non-hydrogen) atoms. The fourth-order valence-corrected chi connectivity index (χ4v) is 2.60. The second-order valence-corrected chi connectivity index (χ2v) is 6.38. The molecule has 10 nitrogen and oxygen atoms in total. The highest BCUT2D eigenvalue weighted by Gasteiger charge is 2.24. The Morgan fingerprint density at radius 3 is 1.67 bits per heavy atom. The summed E-state index contributed by atoms with van der Waals surface area (Å²) < 4.78 is 0. The van der Waals surface area contributed by atoms with Crippen molar-refractivity contribution in [3.8, 4) is 0 Å². The molecule has 0 aliphatic heterocycles. The maximum absolute atomic E-state index is 12.4. The minimum atomic E-state index is -0.962. The zero-order valence-electron chi connectivity index (χ0n) is 17.0. The largest absolute Gasteiger partial charge is 0.368 e. The van der Waals surface area contributed by atoms with Crippen molar-refractivity contribution in [1.82, 2.24) is 31.9 Å². The second kappa shape index (κ2) is 15.3. The third-order valence-electron chi connectivity index (χ3n) is 4.31. The fourth-order valence-electron chi connectivity index (χ4n) is 2.60. The van der Waals surface area contributed by atoms with E-state index in [0.29, 0.717) is 12.8 Å². The summed E-state index contributed by atoms with van der Waals surface area (Å²) >= 11 is 0. The predicted octanol–water partition coefficient (Wildman–Crippen LogP) is -2.75. The summed E-state index contributed by atoms with van der Waals surface area (Å²) in [5.74, 6) is -1.23. The van der Waals surface area contributed by atoms with Gasteiger partial charge in [0.1, 0.15) is 6.04 Å². The first-order valence-electron chi connectivity index (χ1n) is 9.42. The van der Waals surface area contributed by atoms with Gasteiger partial charge in [-0.3, -0.25) is 14.4 Å². The molecule has 3 atom stereocenters. The van der Waals surface area contributed by atoms with Gasteiger partial charge in [0.2, 0.25) is 17.7 Å². The van der Waals surface area contributed by atoms with Crippen LogP contribution in [0.3, 0.4) is 0 Å². The highest BCUT2D eigenvalue weighted by molar-refractivity contribution is 5.90. The number of nitrogens with one attached hydrogen (secondary N) is 6. The lowest BCUT2D eigenvalue weighted by Gasteiger charge is -2.22. The number of rotatable bonds is 16. The molecule has 0 spiro atoms. The van der Waals surface area contributed by atoms with Crippen LogP contribution in [0.15, 0.2) is 0 Å². The van der Waals surface area contributed by atoms with E-state index in [9.17, 15) is 14.4 Å². The molecule has 0 radical (unpaired) electrons. The summed E-state index contributed by atoms with van der Waals surface area (Å²) in [5, 5.41) is 17.2. The molecule has 0 fully saturated rings. The van der Waals surface area contributed by atoms with E-state index in [2.05, 4.69) is 31.9 Å². The first kappa shape index (κ1) is 25.2. The van der Waals surface area contributed by atoms with E-state index >= 15 is 0 Å². The zero-order valence-corrected chi connectivity index (χ0v) is 17.0. The number of carbonyl (C=O) groups excluding carboxylic acids is 3. The molecule has 3 amide bonds. The summed E-state index contributed by atoms with van der Waals surface area (Å²) in [7, 11) is 7.09. The van der Waals surface area contributed by atoms with Gasteiger partial charge in [-0.2, -0.15) is 0 Å². The van der Waals surface area contributed by atoms with Gasteiger partial charge in [-0.05, 0) is 67.0 Å². The Hall–Kier alpha value is -1.75. The van der Waals surface area contributed by atoms with Crippen LogP contribution in [0.2, 0.25) is 0 Å². The van der Waals surface area contributed by atoms with Crippen LogP contribution in [0.25, 0.3) is 0 Å². The lowest BCUT2D eigenvalue weighted by molar-refractivity contribution is -0.129. The lowest BCUT2D eigenvalue weighted by Crippen LogP contribution is -2.56. The fraction of sp³-hybridized carbons (Fsp3) is 0.824. The molecule has 0 aromatic rings. The Balaban J connectivity index is 4.59. The van der Waals surface area contributed by atoms with Crippen molar-refractivity contribution in [3.63, 3.8) is 0 Å². The van der Waals surface area contributed by atoms with Crippen molar-refractivity contribution in [3.05, 3.63) is 0 Å². The Bertz CT molecular complexity index is 448. The van der Waals surface area contributed by atoms with Crippen molar-refractivity contribution in [2.75, 3.05) is 47.8 Å². The third-order valence-corrected chi connectivity index (χ3v) is 4.31. The van der Waals surface area contributed by atoms with E-state index in [1.54, 1.807) is 14.1 Å². The molecule has 0 saturated carbocycles. The third kappa shape index (κ3) is 10.9. The molecule has 158 valence electrons.